The summed E-state index contributed by atoms with van der Waals surface area (Å²) in [6.45, 7) is 5.77. The van der Waals surface area contributed by atoms with Crippen molar-refractivity contribution in [2.24, 2.45) is 17.3 Å². The SMILES string of the molecule is CC#CCC(C)(C)[C@H](O)C=C[C@H]1CCC(=O)[C@@H]1CC=CCCCC(=O)O. The Morgan fingerprint density at radius 3 is 2.77 bits per heavy atom. The molecule has 0 aromatic heterocycles. The summed E-state index contributed by atoms with van der Waals surface area (Å²) in [6, 6.07) is 0. The van der Waals surface area contributed by atoms with E-state index in [1.165, 1.54) is 0 Å². The van der Waals surface area contributed by atoms with Crippen LogP contribution in [-0.4, -0.2) is 28.1 Å². The van der Waals surface area contributed by atoms with Crippen molar-refractivity contribution in [2.75, 3.05) is 0 Å². The number of ketones is 1. The van der Waals surface area contributed by atoms with Gasteiger partial charge >= 0.3 is 5.97 Å². The number of carboxylic acid groups (broad SMARTS) is 1. The maximum Gasteiger partial charge on any atom is 0.303 e. The smallest absolute Gasteiger partial charge is 0.303 e. The van der Waals surface area contributed by atoms with Crippen LogP contribution in [0.15, 0.2) is 24.3 Å². The summed E-state index contributed by atoms with van der Waals surface area (Å²) in [5.74, 6) is 5.51. The molecule has 4 heteroatoms. The molecule has 26 heavy (non-hydrogen) atoms. The zero-order chi connectivity index (χ0) is 19.6. The molecule has 0 radical (unpaired) electrons. The summed E-state index contributed by atoms with van der Waals surface area (Å²) in [5.41, 5.74) is -0.318. The van der Waals surface area contributed by atoms with Gasteiger partial charge in [-0.2, -0.15) is 0 Å². The zero-order valence-corrected chi connectivity index (χ0v) is 16.2. The quantitative estimate of drug-likeness (QED) is 0.349. The van der Waals surface area contributed by atoms with E-state index in [1.807, 2.05) is 38.2 Å². The van der Waals surface area contributed by atoms with E-state index in [-0.39, 0.29) is 29.5 Å². The molecule has 1 fully saturated rings. The number of hydrogen-bond acceptors (Lipinski definition) is 3. The first-order chi connectivity index (χ1) is 12.3. The van der Waals surface area contributed by atoms with E-state index < -0.39 is 12.1 Å². The Bertz CT molecular complexity index is 589. The van der Waals surface area contributed by atoms with Gasteiger partial charge in [0.2, 0.25) is 0 Å². The molecule has 1 saturated carbocycles. The second kappa shape index (κ2) is 11.0. The number of aliphatic carboxylic acids is 1. The number of aliphatic hydroxyl groups excluding tert-OH is 1. The van der Waals surface area contributed by atoms with Crippen LogP contribution in [0.3, 0.4) is 0 Å². The van der Waals surface area contributed by atoms with Crippen LogP contribution in [0.1, 0.15) is 65.7 Å². The van der Waals surface area contributed by atoms with Crippen LogP contribution < -0.4 is 0 Å². The number of aliphatic hydroxyl groups is 1. The van der Waals surface area contributed by atoms with Crippen molar-refractivity contribution in [2.45, 2.75) is 71.8 Å². The van der Waals surface area contributed by atoms with Crippen molar-refractivity contribution in [3.8, 4) is 11.8 Å². The molecule has 4 nitrogen and oxygen atoms in total. The maximum absolute atomic E-state index is 12.2. The van der Waals surface area contributed by atoms with Crippen LogP contribution in [-0.2, 0) is 9.59 Å². The Kier molecular flexibility index (Phi) is 9.37. The summed E-state index contributed by atoms with van der Waals surface area (Å²) in [4.78, 5) is 22.6. The third-order valence-corrected chi connectivity index (χ3v) is 5.03. The van der Waals surface area contributed by atoms with Crippen LogP contribution in [0.25, 0.3) is 0 Å². The van der Waals surface area contributed by atoms with Crippen molar-refractivity contribution in [1.82, 2.24) is 0 Å². The molecule has 0 aliphatic heterocycles. The van der Waals surface area contributed by atoms with Gasteiger partial charge in [-0.25, -0.2) is 0 Å². The molecule has 3 atom stereocenters. The summed E-state index contributed by atoms with van der Waals surface area (Å²) in [5, 5.41) is 19.0. The highest BCUT2D eigenvalue weighted by molar-refractivity contribution is 5.83. The van der Waals surface area contributed by atoms with Crippen molar-refractivity contribution < 1.29 is 19.8 Å². The van der Waals surface area contributed by atoms with Gasteiger partial charge in [-0.05, 0) is 38.5 Å². The van der Waals surface area contributed by atoms with Gasteiger partial charge in [0.15, 0.2) is 0 Å². The number of unbranched alkanes of at least 4 members (excludes halogenated alkanes) is 1. The molecule has 144 valence electrons. The van der Waals surface area contributed by atoms with Crippen molar-refractivity contribution in [3.05, 3.63) is 24.3 Å². The van der Waals surface area contributed by atoms with E-state index in [4.69, 9.17) is 5.11 Å². The molecule has 0 aromatic rings. The van der Waals surface area contributed by atoms with Gasteiger partial charge in [0.1, 0.15) is 5.78 Å². The van der Waals surface area contributed by atoms with Crippen LogP contribution >= 0.6 is 0 Å². The monoisotopic (exact) mass is 360 g/mol. The Hall–Kier alpha value is -1.86. The first kappa shape index (κ1) is 22.2. The molecule has 1 aliphatic carbocycles. The second-order valence-corrected chi connectivity index (χ2v) is 7.69. The molecule has 0 aromatic carbocycles. The predicted molar refractivity (Wildman–Crippen MR) is 103 cm³/mol. The largest absolute Gasteiger partial charge is 0.481 e. The van der Waals surface area contributed by atoms with E-state index in [1.54, 1.807) is 6.92 Å². The van der Waals surface area contributed by atoms with Crippen LogP contribution in [0, 0.1) is 29.1 Å². The number of hydrogen-bond donors (Lipinski definition) is 2. The van der Waals surface area contributed by atoms with Crippen molar-refractivity contribution >= 4 is 11.8 Å². The fraction of sp³-hybridized carbons (Fsp3) is 0.636. The Balaban J connectivity index is 2.56. The minimum atomic E-state index is -0.777. The lowest BCUT2D eigenvalue weighted by Crippen LogP contribution is -2.27. The van der Waals surface area contributed by atoms with Gasteiger partial charge in [-0.3, -0.25) is 9.59 Å². The van der Waals surface area contributed by atoms with Crippen LogP contribution in [0.2, 0.25) is 0 Å². The molecule has 0 unspecified atom stereocenters. The minimum Gasteiger partial charge on any atom is -0.481 e. The van der Waals surface area contributed by atoms with Crippen LogP contribution in [0.5, 0.6) is 0 Å². The second-order valence-electron chi connectivity index (χ2n) is 7.69. The molecular weight excluding hydrogens is 328 g/mol. The molecule has 2 N–H and O–H groups in total. The summed E-state index contributed by atoms with van der Waals surface area (Å²) in [7, 11) is 0. The number of allylic oxidation sites excluding steroid dienone is 3. The third-order valence-electron chi connectivity index (χ3n) is 5.03. The molecule has 0 heterocycles. The number of rotatable bonds is 10. The number of carboxylic acids is 1. The predicted octanol–water partition coefficient (Wildman–Crippen LogP) is 4.14. The highest BCUT2D eigenvalue weighted by Crippen LogP contribution is 2.34. The average Bonchev–Trinajstić information content (AvgIpc) is 2.93. The minimum absolute atomic E-state index is 0.0345. The molecule has 0 bridgehead atoms. The Labute approximate surface area is 157 Å². The van der Waals surface area contributed by atoms with Gasteiger partial charge in [0.05, 0.1) is 6.10 Å². The van der Waals surface area contributed by atoms with E-state index in [0.29, 0.717) is 25.7 Å². The van der Waals surface area contributed by atoms with Crippen molar-refractivity contribution in [3.63, 3.8) is 0 Å². The average molecular weight is 360 g/mol. The third kappa shape index (κ3) is 7.58. The summed E-state index contributed by atoms with van der Waals surface area (Å²) >= 11 is 0. The zero-order valence-electron chi connectivity index (χ0n) is 16.2. The van der Waals surface area contributed by atoms with E-state index in [9.17, 15) is 14.7 Å². The highest BCUT2D eigenvalue weighted by Gasteiger charge is 2.32. The summed E-state index contributed by atoms with van der Waals surface area (Å²) in [6.07, 6.45) is 11.4. The first-order valence-electron chi connectivity index (χ1n) is 9.43. The van der Waals surface area contributed by atoms with E-state index in [0.717, 1.165) is 12.8 Å². The lowest BCUT2D eigenvalue weighted by atomic mass is 9.82. The van der Waals surface area contributed by atoms with Gasteiger partial charge in [0, 0.05) is 30.6 Å². The first-order valence-corrected chi connectivity index (χ1v) is 9.43. The number of carbonyl (C=O) groups excluding carboxylic acids is 1. The maximum atomic E-state index is 12.2. The topological polar surface area (TPSA) is 74.6 Å². The lowest BCUT2D eigenvalue weighted by Gasteiger charge is -2.26. The fourth-order valence-electron chi connectivity index (χ4n) is 3.13. The van der Waals surface area contributed by atoms with Gasteiger partial charge in [0.25, 0.3) is 0 Å². The lowest BCUT2D eigenvalue weighted by molar-refractivity contribution is -0.137. The molecule has 0 amide bonds. The molecule has 0 spiro atoms. The standard InChI is InChI=1S/C22H32O4/c1-4-5-16-22(2,3)20(24)15-13-17-12-14-19(23)18(17)10-8-6-7-9-11-21(25)26/h6,8,13,15,17-18,20,24H,7,9-12,14,16H2,1-3H3,(H,25,26)/t17-,18-,20-/m1/s1. The van der Waals surface area contributed by atoms with Gasteiger partial charge in [-0.15, -0.1) is 11.8 Å². The molecule has 1 aliphatic rings. The van der Waals surface area contributed by atoms with E-state index in [2.05, 4.69) is 11.8 Å². The number of Topliss-reactive ketones (excluding diaryl/α,β-unsaturated/α-hetero) is 1. The van der Waals surface area contributed by atoms with Gasteiger partial charge < -0.3 is 10.2 Å². The normalized spacial score (nSPS) is 21.9. The van der Waals surface area contributed by atoms with Crippen molar-refractivity contribution in [1.29, 1.82) is 0 Å². The molecular formula is C22H32O4. The Morgan fingerprint density at radius 1 is 1.38 bits per heavy atom. The van der Waals surface area contributed by atoms with Crippen LogP contribution in [0.4, 0.5) is 0 Å². The number of carbonyl (C=O) groups is 2. The molecule has 1 rings (SSSR count). The fourth-order valence-corrected chi connectivity index (χ4v) is 3.13. The highest BCUT2D eigenvalue weighted by atomic mass is 16.4. The Morgan fingerprint density at radius 2 is 2.12 bits per heavy atom. The van der Waals surface area contributed by atoms with E-state index >= 15 is 0 Å². The summed E-state index contributed by atoms with van der Waals surface area (Å²) < 4.78 is 0. The molecule has 0 saturated heterocycles. The van der Waals surface area contributed by atoms with Gasteiger partial charge in [-0.1, -0.05) is 38.2 Å².